The molecule has 0 aromatic rings. The highest BCUT2D eigenvalue weighted by Crippen LogP contribution is 2.36. The summed E-state index contributed by atoms with van der Waals surface area (Å²) >= 11 is 0. The molecule has 0 spiro atoms. The van der Waals surface area contributed by atoms with Gasteiger partial charge in [0.1, 0.15) is 0 Å². The lowest BCUT2D eigenvalue weighted by atomic mass is 10.1. The van der Waals surface area contributed by atoms with Gasteiger partial charge in [-0.05, 0) is 51.4 Å². The van der Waals surface area contributed by atoms with E-state index in [-0.39, 0.29) is 0 Å². The molecule has 2 nitrogen and oxygen atoms in total. The lowest BCUT2D eigenvalue weighted by Gasteiger charge is -2.22. The second-order valence-corrected chi connectivity index (χ2v) is 6.23. The Kier molecular flexibility index (Phi) is 2.97. The SMILES string of the molecule is CCC(NC1CC(C)N(C2CC2)C1)C1CC1. The van der Waals surface area contributed by atoms with Crippen molar-refractivity contribution in [3.63, 3.8) is 0 Å². The fourth-order valence-corrected chi connectivity index (χ4v) is 3.48. The van der Waals surface area contributed by atoms with Crippen LogP contribution >= 0.6 is 0 Å². The van der Waals surface area contributed by atoms with E-state index in [0.717, 1.165) is 30.1 Å². The van der Waals surface area contributed by atoms with Gasteiger partial charge >= 0.3 is 0 Å². The third kappa shape index (κ3) is 2.28. The smallest absolute Gasteiger partial charge is 0.0212 e. The van der Waals surface area contributed by atoms with E-state index in [9.17, 15) is 0 Å². The highest BCUT2D eigenvalue weighted by Gasteiger charge is 2.40. The third-order valence-corrected chi connectivity index (χ3v) is 4.72. The maximum Gasteiger partial charge on any atom is 0.0212 e. The zero-order valence-corrected chi connectivity index (χ0v) is 10.8. The van der Waals surface area contributed by atoms with Crippen LogP contribution in [-0.2, 0) is 0 Å². The van der Waals surface area contributed by atoms with E-state index in [1.54, 1.807) is 0 Å². The molecule has 1 N–H and O–H groups in total. The topological polar surface area (TPSA) is 15.3 Å². The molecule has 3 aliphatic rings. The summed E-state index contributed by atoms with van der Waals surface area (Å²) in [5, 5.41) is 3.93. The molecular formula is C14H26N2. The Morgan fingerprint density at radius 3 is 2.56 bits per heavy atom. The fourth-order valence-electron chi connectivity index (χ4n) is 3.48. The molecule has 0 aromatic heterocycles. The maximum absolute atomic E-state index is 3.93. The number of hydrogen-bond acceptors (Lipinski definition) is 2. The zero-order chi connectivity index (χ0) is 11.1. The minimum atomic E-state index is 0.779. The van der Waals surface area contributed by atoms with Crippen LogP contribution in [0.3, 0.4) is 0 Å². The van der Waals surface area contributed by atoms with Crippen molar-refractivity contribution in [1.29, 1.82) is 0 Å². The Labute approximate surface area is 99.8 Å². The minimum Gasteiger partial charge on any atom is -0.310 e. The molecular weight excluding hydrogens is 196 g/mol. The highest BCUT2D eigenvalue weighted by atomic mass is 15.3. The van der Waals surface area contributed by atoms with Crippen molar-refractivity contribution in [1.82, 2.24) is 10.2 Å². The Morgan fingerprint density at radius 1 is 1.25 bits per heavy atom. The molecule has 16 heavy (non-hydrogen) atoms. The molecule has 3 rings (SSSR count). The van der Waals surface area contributed by atoms with Crippen LogP contribution < -0.4 is 5.32 Å². The molecule has 0 aromatic carbocycles. The lowest BCUT2D eigenvalue weighted by molar-refractivity contribution is 0.253. The van der Waals surface area contributed by atoms with Gasteiger partial charge in [-0.25, -0.2) is 0 Å². The van der Waals surface area contributed by atoms with Crippen LogP contribution in [0.2, 0.25) is 0 Å². The van der Waals surface area contributed by atoms with E-state index < -0.39 is 0 Å². The van der Waals surface area contributed by atoms with Crippen molar-refractivity contribution in [2.75, 3.05) is 6.54 Å². The Bertz CT molecular complexity index is 245. The number of likely N-dealkylation sites (tertiary alicyclic amines) is 1. The monoisotopic (exact) mass is 222 g/mol. The molecule has 2 heteroatoms. The largest absolute Gasteiger partial charge is 0.310 e. The van der Waals surface area contributed by atoms with Crippen LogP contribution in [0, 0.1) is 5.92 Å². The summed E-state index contributed by atoms with van der Waals surface area (Å²) in [4.78, 5) is 2.75. The molecule has 3 atom stereocenters. The first kappa shape index (κ1) is 11.0. The Balaban J connectivity index is 1.51. The molecule has 2 aliphatic carbocycles. The van der Waals surface area contributed by atoms with Gasteiger partial charge in [-0.2, -0.15) is 0 Å². The van der Waals surface area contributed by atoms with Crippen LogP contribution in [0.15, 0.2) is 0 Å². The molecule has 1 aliphatic heterocycles. The standard InChI is InChI=1S/C14H26N2/c1-3-14(11-4-5-11)15-12-8-10(2)16(9-12)13-6-7-13/h10-15H,3-9H2,1-2H3. The first-order chi connectivity index (χ1) is 7.78. The van der Waals surface area contributed by atoms with Gasteiger partial charge in [0, 0.05) is 30.7 Å². The van der Waals surface area contributed by atoms with E-state index in [1.165, 1.54) is 45.1 Å². The quantitative estimate of drug-likeness (QED) is 0.768. The van der Waals surface area contributed by atoms with Gasteiger partial charge in [-0.3, -0.25) is 4.90 Å². The summed E-state index contributed by atoms with van der Waals surface area (Å²) in [6.45, 7) is 6.07. The first-order valence-electron chi connectivity index (χ1n) is 7.29. The average molecular weight is 222 g/mol. The van der Waals surface area contributed by atoms with Crippen LogP contribution in [0.5, 0.6) is 0 Å². The van der Waals surface area contributed by atoms with E-state index in [0.29, 0.717) is 0 Å². The second kappa shape index (κ2) is 4.30. The Hall–Kier alpha value is -0.0800. The van der Waals surface area contributed by atoms with Gasteiger partial charge in [0.25, 0.3) is 0 Å². The van der Waals surface area contributed by atoms with Gasteiger partial charge in [0.05, 0.1) is 0 Å². The number of nitrogens with one attached hydrogen (secondary N) is 1. The maximum atomic E-state index is 3.93. The zero-order valence-electron chi connectivity index (χ0n) is 10.8. The van der Waals surface area contributed by atoms with Gasteiger partial charge in [-0.15, -0.1) is 0 Å². The molecule has 1 saturated heterocycles. The average Bonchev–Trinajstić information content (AvgIpc) is 3.13. The normalized spacial score (nSPS) is 37.9. The predicted octanol–water partition coefficient (Wildman–Crippen LogP) is 2.39. The first-order valence-corrected chi connectivity index (χ1v) is 7.29. The van der Waals surface area contributed by atoms with Gasteiger partial charge in [-0.1, -0.05) is 6.92 Å². The lowest BCUT2D eigenvalue weighted by Crippen LogP contribution is -2.41. The summed E-state index contributed by atoms with van der Waals surface area (Å²) in [5.74, 6) is 1.01. The summed E-state index contributed by atoms with van der Waals surface area (Å²) < 4.78 is 0. The van der Waals surface area contributed by atoms with Crippen molar-refractivity contribution in [3.05, 3.63) is 0 Å². The van der Waals surface area contributed by atoms with Crippen LogP contribution in [0.4, 0.5) is 0 Å². The molecule has 0 amide bonds. The molecule has 0 radical (unpaired) electrons. The van der Waals surface area contributed by atoms with Gasteiger partial charge in [0.2, 0.25) is 0 Å². The van der Waals surface area contributed by atoms with E-state index in [1.807, 2.05) is 0 Å². The predicted molar refractivity (Wildman–Crippen MR) is 67.5 cm³/mol. The van der Waals surface area contributed by atoms with E-state index >= 15 is 0 Å². The summed E-state index contributed by atoms with van der Waals surface area (Å²) in [5.41, 5.74) is 0. The molecule has 2 saturated carbocycles. The van der Waals surface area contributed by atoms with Crippen molar-refractivity contribution in [2.24, 2.45) is 5.92 Å². The molecule has 92 valence electrons. The second-order valence-electron chi connectivity index (χ2n) is 6.23. The van der Waals surface area contributed by atoms with Gasteiger partial charge < -0.3 is 5.32 Å². The fraction of sp³-hybridized carbons (Fsp3) is 1.00. The minimum absolute atomic E-state index is 0.779. The van der Waals surface area contributed by atoms with E-state index in [4.69, 9.17) is 0 Å². The summed E-state index contributed by atoms with van der Waals surface area (Å²) in [6, 6.07) is 3.36. The molecule has 1 heterocycles. The molecule has 0 bridgehead atoms. The highest BCUT2D eigenvalue weighted by molar-refractivity contribution is 4.98. The summed E-state index contributed by atoms with van der Waals surface area (Å²) in [7, 11) is 0. The van der Waals surface area contributed by atoms with Crippen molar-refractivity contribution in [3.8, 4) is 0 Å². The molecule has 3 unspecified atom stereocenters. The van der Waals surface area contributed by atoms with Crippen LogP contribution in [-0.4, -0.2) is 35.6 Å². The van der Waals surface area contributed by atoms with Gasteiger partial charge in [0.15, 0.2) is 0 Å². The van der Waals surface area contributed by atoms with Crippen molar-refractivity contribution < 1.29 is 0 Å². The van der Waals surface area contributed by atoms with Crippen LogP contribution in [0.25, 0.3) is 0 Å². The molecule has 3 fully saturated rings. The third-order valence-electron chi connectivity index (χ3n) is 4.72. The van der Waals surface area contributed by atoms with Crippen molar-refractivity contribution in [2.45, 2.75) is 76.5 Å². The van der Waals surface area contributed by atoms with E-state index in [2.05, 4.69) is 24.1 Å². The number of rotatable bonds is 5. The van der Waals surface area contributed by atoms with Crippen molar-refractivity contribution >= 4 is 0 Å². The number of nitrogens with zero attached hydrogens (tertiary/aromatic N) is 1. The summed E-state index contributed by atoms with van der Waals surface area (Å²) in [6.07, 6.45) is 8.55. The Morgan fingerprint density at radius 2 is 2.00 bits per heavy atom. The number of hydrogen-bond donors (Lipinski definition) is 1. The van der Waals surface area contributed by atoms with Crippen LogP contribution in [0.1, 0.15) is 52.4 Å².